The molecule has 0 aromatic heterocycles. The van der Waals surface area contributed by atoms with Gasteiger partial charge >= 0.3 is 5.97 Å². The van der Waals surface area contributed by atoms with Gasteiger partial charge in [-0.25, -0.2) is 4.79 Å². The van der Waals surface area contributed by atoms with Gasteiger partial charge < -0.3 is 4.84 Å². The largest absolute Gasteiger partial charge is 0.366 e. The van der Waals surface area contributed by atoms with Gasteiger partial charge in [0.2, 0.25) is 0 Å². The third kappa shape index (κ3) is 3.18. The maximum absolute atomic E-state index is 11.7. The summed E-state index contributed by atoms with van der Waals surface area (Å²) in [5.74, 6) is -0.376. The molecule has 0 fully saturated rings. The van der Waals surface area contributed by atoms with E-state index in [1.807, 2.05) is 43.3 Å². The highest BCUT2D eigenvalue weighted by Crippen LogP contribution is 2.11. The summed E-state index contributed by atoms with van der Waals surface area (Å²) in [5, 5.41) is 0. The molecule has 0 aliphatic heterocycles. The Kier molecular flexibility index (Phi) is 4.10. The van der Waals surface area contributed by atoms with Gasteiger partial charge in [0.1, 0.15) is 0 Å². The molecule has 0 unspecified atom stereocenters. The fourth-order valence-corrected chi connectivity index (χ4v) is 1.58. The molecule has 0 saturated heterocycles. The molecule has 0 spiro atoms. The molecular weight excluding hydrogens is 226 g/mol. The summed E-state index contributed by atoms with van der Waals surface area (Å²) in [7, 11) is 0. The van der Waals surface area contributed by atoms with Crippen LogP contribution in [0.5, 0.6) is 0 Å². The summed E-state index contributed by atoms with van der Waals surface area (Å²) >= 11 is 0. The highest BCUT2D eigenvalue weighted by atomic mass is 16.7. The third-order valence-electron chi connectivity index (χ3n) is 2.64. The van der Waals surface area contributed by atoms with Crippen LogP contribution < -0.4 is 5.48 Å². The Morgan fingerprint density at radius 2 is 1.56 bits per heavy atom. The van der Waals surface area contributed by atoms with Crippen molar-refractivity contribution in [2.45, 2.75) is 13.0 Å². The quantitative estimate of drug-likeness (QED) is 0.836. The Labute approximate surface area is 106 Å². The Bertz CT molecular complexity index is 496. The van der Waals surface area contributed by atoms with Gasteiger partial charge in [-0.15, -0.1) is 5.48 Å². The van der Waals surface area contributed by atoms with Crippen LogP contribution in [0.4, 0.5) is 0 Å². The topological polar surface area (TPSA) is 38.3 Å². The van der Waals surface area contributed by atoms with Crippen molar-refractivity contribution in [3.63, 3.8) is 0 Å². The predicted molar refractivity (Wildman–Crippen MR) is 69.9 cm³/mol. The SMILES string of the molecule is C[C@H](NOC(=O)c1ccccc1)c1ccccc1. The maximum atomic E-state index is 11.7. The summed E-state index contributed by atoms with van der Waals surface area (Å²) in [5.41, 5.74) is 4.35. The van der Waals surface area contributed by atoms with Gasteiger partial charge in [-0.3, -0.25) is 0 Å². The zero-order valence-corrected chi connectivity index (χ0v) is 10.2. The molecule has 0 saturated carbocycles. The van der Waals surface area contributed by atoms with Crippen LogP contribution in [0.3, 0.4) is 0 Å². The van der Waals surface area contributed by atoms with Crippen molar-refractivity contribution in [2.75, 3.05) is 0 Å². The Morgan fingerprint density at radius 3 is 2.17 bits per heavy atom. The molecule has 3 nitrogen and oxygen atoms in total. The van der Waals surface area contributed by atoms with Crippen LogP contribution in [0.25, 0.3) is 0 Å². The first-order valence-electron chi connectivity index (χ1n) is 5.84. The minimum Gasteiger partial charge on any atom is -0.366 e. The van der Waals surface area contributed by atoms with Gasteiger partial charge in [-0.05, 0) is 24.6 Å². The van der Waals surface area contributed by atoms with Crippen LogP contribution in [0.2, 0.25) is 0 Å². The number of rotatable bonds is 4. The van der Waals surface area contributed by atoms with Crippen molar-refractivity contribution in [3.8, 4) is 0 Å². The minimum absolute atomic E-state index is 0.0427. The fourth-order valence-electron chi connectivity index (χ4n) is 1.58. The average molecular weight is 241 g/mol. The molecule has 0 radical (unpaired) electrons. The van der Waals surface area contributed by atoms with Crippen LogP contribution in [-0.2, 0) is 4.84 Å². The molecule has 2 aromatic rings. The molecule has 0 aliphatic rings. The lowest BCUT2D eigenvalue weighted by molar-refractivity contribution is 0.0169. The first-order valence-corrected chi connectivity index (χ1v) is 5.84. The van der Waals surface area contributed by atoms with Gasteiger partial charge in [-0.2, -0.15) is 0 Å². The van der Waals surface area contributed by atoms with Crippen molar-refractivity contribution in [1.29, 1.82) is 0 Å². The van der Waals surface area contributed by atoms with Gasteiger partial charge in [0.25, 0.3) is 0 Å². The molecule has 18 heavy (non-hydrogen) atoms. The molecule has 0 aliphatic carbocycles. The lowest BCUT2D eigenvalue weighted by atomic mass is 10.1. The van der Waals surface area contributed by atoms with E-state index in [4.69, 9.17) is 4.84 Å². The van der Waals surface area contributed by atoms with Crippen LogP contribution in [-0.4, -0.2) is 5.97 Å². The monoisotopic (exact) mass is 241 g/mol. The summed E-state index contributed by atoms with van der Waals surface area (Å²) in [6.45, 7) is 1.94. The van der Waals surface area contributed by atoms with Crippen molar-refractivity contribution < 1.29 is 9.63 Å². The van der Waals surface area contributed by atoms with Crippen LogP contribution in [0, 0.1) is 0 Å². The molecule has 1 N–H and O–H groups in total. The number of hydrogen-bond acceptors (Lipinski definition) is 3. The summed E-state index contributed by atoms with van der Waals surface area (Å²) in [4.78, 5) is 16.8. The van der Waals surface area contributed by atoms with Crippen LogP contribution in [0.1, 0.15) is 28.9 Å². The van der Waals surface area contributed by atoms with Crippen molar-refractivity contribution >= 4 is 5.97 Å². The van der Waals surface area contributed by atoms with Gasteiger partial charge in [-0.1, -0.05) is 48.5 Å². The smallest absolute Gasteiger partial charge is 0.356 e. The zero-order valence-electron chi connectivity index (χ0n) is 10.2. The average Bonchev–Trinajstić information content (AvgIpc) is 2.46. The molecule has 0 heterocycles. The van der Waals surface area contributed by atoms with E-state index >= 15 is 0 Å². The predicted octanol–water partition coefficient (Wildman–Crippen LogP) is 3.11. The Morgan fingerprint density at radius 1 is 1.00 bits per heavy atom. The number of carbonyl (C=O) groups is 1. The molecule has 2 rings (SSSR count). The van der Waals surface area contributed by atoms with E-state index in [2.05, 4.69) is 5.48 Å². The van der Waals surface area contributed by atoms with E-state index < -0.39 is 0 Å². The Hall–Kier alpha value is -2.13. The third-order valence-corrected chi connectivity index (χ3v) is 2.64. The van der Waals surface area contributed by atoms with E-state index in [0.29, 0.717) is 5.56 Å². The first-order chi connectivity index (χ1) is 8.77. The van der Waals surface area contributed by atoms with Crippen LogP contribution >= 0.6 is 0 Å². The van der Waals surface area contributed by atoms with Gasteiger partial charge in [0.05, 0.1) is 11.6 Å². The maximum Gasteiger partial charge on any atom is 0.356 e. The van der Waals surface area contributed by atoms with Gasteiger partial charge in [0.15, 0.2) is 0 Å². The molecular formula is C15H15NO2. The zero-order chi connectivity index (χ0) is 12.8. The number of benzene rings is 2. The van der Waals surface area contributed by atoms with E-state index in [0.717, 1.165) is 5.56 Å². The van der Waals surface area contributed by atoms with Crippen molar-refractivity contribution in [1.82, 2.24) is 5.48 Å². The van der Waals surface area contributed by atoms with E-state index in [9.17, 15) is 4.79 Å². The van der Waals surface area contributed by atoms with Crippen LogP contribution in [0.15, 0.2) is 60.7 Å². The second-order valence-electron chi connectivity index (χ2n) is 4.01. The standard InChI is InChI=1S/C15H15NO2/c1-12(13-8-4-2-5-9-13)16-18-15(17)14-10-6-3-7-11-14/h2-12,16H,1H3/t12-/m0/s1. The van der Waals surface area contributed by atoms with E-state index in [1.165, 1.54) is 0 Å². The summed E-state index contributed by atoms with van der Waals surface area (Å²) in [6, 6.07) is 18.7. The molecule has 92 valence electrons. The van der Waals surface area contributed by atoms with Gasteiger partial charge in [0, 0.05) is 0 Å². The molecule has 0 amide bonds. The van der Waals surface area contributed by atoms with E-state index in [-0.39, 0.29) is 12.0 Å². The molecule has 3 heteroatoms. The molecule has 1 atom stereocenters. The van der Waals surface area contributed by atoms with Crippen molar-refractivity contribution in [3.05, 3.63) is 71.8 Å². The first kappa shape index (κ1) is 12.3. The minimum atomic E-state index is -0.376. The second-order valence-corrected chi connectivity index (χ2v) is 4.01. The molecule has 0 bridgehead atoms. The number of hydroxylamine groups is 1. The number of nitrogens with one attached hydrogen (secondary N) is 1. The Balaban J connectivity index is 1.91. The highest BCUT2D eigenvalue weighted by molar-refractivity contribution is 5.89. The van der Waals surface area contributed by atoms with E-state index in [1.54, 1.807) is 24.3 Å². The lowest BCUT2D eigenvalue weighted by Gasteiger charge is -2.13. The van der Waals surface area contributed by atoms with Crippen molar-refractivity contribution in [2.24, 2.45) is 0 Å². The summed E-state index contributed by atoms with van der Waals surface area (Å²) in [6.07, 6.45) is 0. The fraction of sp³-hybridized carbons (Fsp3) is 0.133. The molecule has 2 aromatic carbocycles. The highest BCUT2D eigenvalue weighted by Gasteiger charge is 2.09. The number of hydrogen-bond donors (Lipinski definition) is 1. The second kappa shape index (κ2) is 5.98. The summed E-state index contributed by atoms with van der Waals surface area (Å²) < 4.78 is 0. The normalized spacial score (nSPS) is 11.8. The lowest BCUT2D eigenvalue weighted by Crippen LogP contribution is -2.23. The number of carbonyl (C=O) groups excluding carboxylic acids is 1.